The fraction of sp³-hybridized carbons (Fsp3) is 0.812. The number of ketones is 1. The fourth-order valence-electron chi connectivity index (χ4n) is 4.78. The molecule has 18 heavy (non-hydrogen) atoms. The van der Waals surface area contributed by atoms with Crippen molar-refractivity contribution in [3.8, 4) is 0 Å². The molecule has 0 amide bonds. The third-order valence-electron chi connectivity index (χ3n) is 6.43. The Hall–Kier alpha value is -0.630. The van der Waals surface area contributed by atoms with Crippen LogP contribution in [0, 0.1) is 16.7 Å². The lowest BCUT2D eigenvalue weighted by Gasteiger charge is -2.37. The van der Waals surface area contributed by atoms with Gasteiger partial charge < -0.3 is 0 Å². The van der Waals surface area contributed by atoms with Crippen molar-refractivity contribution in [3.63, 3.8) is 0 Å². The number of carbonyl (C=O) groups is 1. The fourth-order valence-corrected chi connectivity index (χ4v) is 4.78. The molecule has 0 aromatic rings. The van der Waals surface area contributed by atoms with Gasteiger partial charge in [0.15, 0.2) is 5.78 Å². The molecule has 1 heterocycles. The third kappa shape index (κ3) is 1.20. The zero-order chi connectivity index (χ0) is 13.3. The molecular weight excluding hydrogens is 222 g/mol. The van der Waals surface area contributed by atoms with Crippen molar-refractivity contribution in [1.29, 1.82) is 0 Å². The zero-order valence-electron chi connectivity index (χ0n) is 12.2. The minimum Gasteiger partial charge on any atom is -0.297 e. The first kappa shape index (κ1) is 12.4. The smallest absolute Gasteiger partial charge is 0.156 e. The van der Waals surface area contributed by atoms with E-state index in [1.807, 2.05) is 0 Å². The number of rotatable bonds is 1. The highest BCUT2D eigenvalue weighted by Gasteiger charge is 2.67. The summed E-state index contributed by atoms with van der Waals surface area (Å²) in [4.78, 5) is 15.4. The van der Waals surface area contributed by atoms with Crippen LogP contribution in [0.3, 0.4) is 0 Å². The Morgan fingerprint density at radius 1 is 1.17 bits per heavy atom. The van der Waals surface area contributed by atoms with Crippen LogP contribution < -0.4 is 0 Å². The average molecular weight is 247 g/mol. The Morgan fingerprint density at radius 2 is 1.72 bits per heavy atom. The highest BCUT2D eigenvalue weighted by Crippen LogP contribution is 2.64. The molecule has 100 valence electrons. The summed E-state index contributed by atoms with van der Waals surface area (Å²) >= 11 is 0. The van der Waals surface area contributed by atoms with Crippen LogP contribution in [0.4, 0.5) is 0 Å². The second-order valence-electron chi connectivity index (χ2n) is 7.32. The summed E-state index contributed by atoms with van der Waals surface area (Å²) in [5.41, 5.74) is 0.0706. The van der Waals surface area contributed by atoms with E-state index in [0.717, 1.165) is 6.42 Å². The molecule has 0 aromatic carbocycles. The van der Waals surface area contributed by atoms with Crippen molar-refractivity contribution in [2.75, 3.05) is 0 Å². The van der Waals surface area contributed by atoms with E-state index in [9.17, 15) is 4.79 Å². The summed E-state index contributed by atoms with van der Waals surface area (Å²) in [7, 11) is 0. The molecule has 2 fully saturated rings. The van der Waals surface area contributed by atoms with Gasteiger partial charge in [-0.05, 0) is 38.0 Å². The van der Waals surface area contributed by atoms with Crippen molar-refractivity contribution >= 4 is 5.78 Å². The van der Waals surface area contributed by atoms with Crippen LogP contribution in [-0.2, 0) is 4.79 Å². The first-order chi connectivity index (χ1) is 8.30. The van der Waals surface area contributed by atoms with E-state index in [1.165, 1.54) is 6.42 Å². The van der Waals surface area contributed by atoms with E-state index >= 15 is 0 Å². The molecule has 0 N–H and O–H groups in total. The van der Waals surface area contributed by atoms with Crippen molar-refractivity contribution in [2.24, 2.45) is 16.7 Å². The first-order valence-corrected chi connectivity index (χ1v) is 7.31. The molecular formula is C16H25NO. The Labute approximate surface area is 110 Å². The van der Waals surface area contributed by atoms with Crippen LogP contribution in [0.2, 0.25) is 0 Å². The van der Waals surface area contributed by atoms with Crippen LogP contribution in [0.25, 0.3) is 0 Å². The molecule has 2 saturated carbocycles. The summed E-state index contributed by atoms with van der Waals surface area (Å²) in [6.07, 6.45) is 6.80. The van der Waals surface area contributed by atoms with Gasteiger partial charge in [-0.1, -0.05) is 32.9 Å². The highest BCUT2D eigenvalue weighted by molar-refractivity contribution is 5.94. The molecule has 5 atom stereocenters. The second-order valence-corrected chi connectivity index (χ2v) is 7.32. The molecule has 2 nitrogen and oxygen atoms in total. The lowest BCUT2D eigenvalue weighted by molar-refractivity contribution is -0.133. The Kier molecular flexibility index (Phi) is 2.39. The molecule has 2 aliphatic carbocycles. The Bertz CT molecular complexity index is 411. The predicted molar refractivity (Wildman–Crippen MR) is 73.3 cm³/mol. The van der Waals surface area contributed by atoms with Gasteiger partial charge in [0.05, 0.1) is 6.04 Å². The molecule has 2 heteroatoms. The summed E-state index contributed by atoms with van der Waals surface area (Å²) < 4.78 is 0. The summed E-state index contributed by atoms with van der Waals surface area (Å²) in [5.74, 6) is 1.05. The van der Waals surface area contributed by atoms with Gasteiger partial charge in [0.2, 0.25) is 0 Å². The van der Waals surface area contributed by atoms with E-state index < -0.39 is 0 Å². The third-order valence-corrected chi connectivity index (χ3v) is 6.43. The number of carbonyl (C=O) groups excluding carboxylic acids is 1. The maximum atomic E-state index is 12.9. The summed E-state index contributed by atoms with van der Waals surface area (Å²) in [5, 5.41) is 0. The van der Waals surface area contributed by atoms with Crippen LogP contribution in [0.5, 0.6) is 0 Å². The standard InChI is InChI=1S/C16H25NO/c1-10-6-7-11(2)17(10)13-12-8-9-16(5,14(13)18)15(12,3)4/h6-7,10-13H,8-9H2,1-5H3/t10-,11+,12-,13-,16-/m1/s1. The number of Topliss-reactive ketones (excluding diaryl/α,β-unsaturated/α-hetero) is 1. The van der Waals surface area contributed by atoms with Gasteiger partial charge in [0, 0.05) is 17.5 Å². The van der Waals surface area contributed by atoms with Gasteiger partial charge in [0.1, 0.15) is 0 Å². The van der Waals surface area contributed by atoms with Crippen LogP contribution >= 0.6 is 0 Å². The normalized spacial score (nSPS) is 50.4. The van der Waals surface area contributed by atoms with E-state index in [2.05, 4.69) is 51.7 Å². The molecule has 0 saturated heterocycles. The van der Waals surface area contributed by atoms with Gasteiger partial charge in [-0.3, -0.25) is 9.69 Å². The van der Waals surface area contributed by atoms with Crippen LogP contribution in [0.1, 0.15) is 47.5 Å². The van der Waals surface area contributed by atoms with E-state index in [4.69, 9.17) is 0 Å². The minimum absolute atomic E-state index is 0.0929. The second kappa shape index (κ2) is 3.47. The van der Waals surface area contributed by atoms with Crippen molar-refractivity contribution in [3.05, 3.63) is 12.2 Å². The Balaban J connectivity index is 1.99. The number of hydrogen-bond acceptors (Lipinski definition) is 2. The lowest BCUT2D eigenvalue weighted by Crippen LogP contribution is -2.51. The van der Waals surface area contributed by atoms with Crippen LogP contribution in [0.15, 0.2) is 12.2 Å². The lowest BCUT2D eigenvalue weighted by atomic mass is 9.70. The molecule has 2 bridgehead atoms. The van der Waals surface area contributed by atoms with Crippen molar-refractivity contribution < 1.29 is 4.79 Å². The Morgan fingerprint density at radius 3 is 2.17 bits per heavy atom. The SMILES string of the molecule is C[C@@H]1C=C[C@H](C)N1[C@H]1C(=O)[C@@]2(C)CC[C@H]1C2(C)C. The van der Waals surface area contributed by atoms with Crippen LogP contribution in [-0.4, -0.2) is 28.8 Å². The summed E-state index contributed by atoms with van der Waals surface area (Å²) in [6, 6.07) is 0.971. The first-order valence-electron chi connectivity index (χ1n) is 7.31. The molecule has 1 aliphatic heterocycles. The van der Waals surface area contributed by atoms with E-state index in [0.29, 0.717) is 23.8 Å². The molecule has 0 spiro atoms. The molecule has 0 aromatic heterocycles. The van der Waals surface area contributed by atoms with Gasteiger partial charge in [-0.25, -0.2) is 0 Å². The maximum Gasteiger partial charge on any atom is 0.156 e. The van der Waals surface area contributed by atoms with Gasteiger partial charge in [0.25, 0.3) is 0 Å². The number of fused-ring (bicyclic) bond motifs is 2. The largest absolute Gasteiger partial charge is 0.297 e. The maximum absolute atomic E-state index is 12.9. The van der Waals surface area contributed by atoms with Crippen molar-refractivity contribution in [2.45, 2.75) is 65.6 Å². The van der Waals surface area contributed by atoms with Gasteiger partial charge in [-0.2, -0.15) is 0 Å². The predicted octanol–water partition coefficient (Wildman–Crippen LogP) is 3.03. The van der Waals surface area contributed by atoms with E-state index in [1.54, 1.807) is 0 Å². The number of nitrogens with zero attached hydrogens (tertiary/aromatic N) is 1. The van der Waals surface area contributed by atoms with E-state index in [-0.39, 0.29) is 16.9 Å². The summed E-state index contributed by atoms with van der Waals surface area (Å²) in [6.45, 7) is 11.3. The molecule has 0 unspecified atom stereocenters. The molecule has 0 radical (unpaired) electrons. The van der Waals surface area contributed by atoms with Gasteiger partial charge in [-0.15, -0.1) is 0 Å². The molecule has 3 aliphatic rings. The zero-order valence-corrected chi connectivity index (χ0v) is 12.2. The number of hydrogen-bond donors (Lipinski definition) is 0. The highest BCUT2D eigenvalue weighted by atomic mass is 16.1. The monoisotopic (exact) mass is 247 g/mol. The minimum atomic E-state index is -0.0929. The van der Waals surface area contributed by atoms with Gasteiger partial charge >= 0.3 is 0 Å². The molecule has 3 rings (SSSR count). The topological polar surface area (TPSA) is 20.3 Å². The van der Waals surface area contributed by atoms with Crippen molar-refractivity contribution in [1.82, 2.24) is 4.90 Å². The quantitative estimate of drug-likeness (QED) is 0.664. The average Bonchev–Trinajstić information content (AvgIpc) is 2.77.